The van der Waals surface area contributed by atoms with Gasteiger partial charge in [-0.05, 0) is 31.2 Å². The number of fused-ring (bicyclic) bond motifs is 1. The van der Waals surface area contributed by atoms with Crippen LogP contribution >= 0.6 is 15.9 Å². The number of ether oxygens (including phenoxy) is 1. The number of carbonyl (C=O) groups is 2. The van der Waals surface area contributed by atoms with E-state index in [1.54, 1.807) is 49.4 Å². The van der Waals surface area contributed by atoms with Gasteiger partial charge in [-0.25, -0.2) is 4.68 Å². The van der Waals surface area contributed by atoms with E-state index in [9.17, 15) is 14.4 Å². The Hall–Kier alpha value is -3.20. The fourth-order valence-electron chi connectivity index (χ4n) is 2.73. The van der Waals surface area contributed by atoms with Crippen molar-refractivity contribution in [2.75, 3.05) is 0 Å². The van der Waals surface area contributed by atoms with Gasteiger partial charge in [-0.3, -0.25) is 25.2 Å². The minimum atomic E-state index is -0.818. The van der Waals surface area contributed by atoms with E-state index in [-0.39, 0.29) is 12.0 Å². The molecule has 0 fully saturated rings. The minimum absolute atomic E-state index is 0.101. The Morgan fingerprint density at radius 3 is 2.59 bits per heavy atom. The topological polar surface area (TPSA) is 102 Å². The van der Waals surface area contributed by atoms with Crippen molar-refractivity contribution in [2.24, 2.45) is 7.05 Å². The minimum Gasteiger partial charge on any atom is -0.481 e. The van der Waals surface area contributed by atoms with Crippen molar-refractivity contribution in [3.63, 3.8) is 0 Å². The lowest BCUT2D eigenvalue weighted by molar-refractivity contribution is -0.132. The molecule has 2 aromatic carbocycles. The quantitative estimate of drug-likeness (QED) is 0.568. The number of halogens is 1. The van der Waals surface area contributed by atoms with Crippen LogP contribution in [0.25, 0.3) is 10.8 Å². The molecular weight excluding hydrogens is 440 g/mol. The molecule has 8 nitrogen and oxygen atoms in total. The zero-order valence-corrected chi connectivity index (χ0v) is 17.4. The van der Waals surface area contributed by atoms with E-state index in [2.05, 4.69) is 31.9 Å². The first-order valence-electron chi connectivity index (χ1n) is 8.81. The predicted octanol–water partition coefficient (Wildman–Crippen LogP) is 1.85. The molecule has 3 rings (SSSR count). The Kier molecular flexibility index (Phi) is 6.28. The highest BCUT2D eigenvalue weighted by atomic mass is 79.9. The SMILES string of the molecule is CC(Oc1cccc(Br)c1)C(=O)NNC(=O)Cc1nn(C)c(=O)c2ccccc12. The van der Waals surface area contributed by atoms with Gasteiger partial charge in [0.1, 0.15) is 5.75 Å². The van der Waals surface area contributed by atoms with Crippen LogP contribution in [-0.4, -0.2) is 27.7 Å². The molecule has 0 bridgehead atoms. The number of carbonyl (C=O) groups excluding carboxylic acids is 2. The highest BCUT2D eigenvalue weighted by molar-refractivity contribution is 9.10. The third-order valence-electron chi connectivity index (χ3n) is 4.16. The van der Waals surface area contributed by atoms with E-state index in [0.29, 0.717) is 22.2 Å². The van der Waals surface area contributed by atoms with Crippen LogP contribution in [0.15, 0.2) is 57.8 Å². The van der Waals surface area contributed by atoms with E-state index in [1.807, 2.05) is 6.07 Å². The maximum absolute atomic E-state index is 12.3. The van der Waals surface area contributed by atoms with Gasteiger partial charge in [0.15, 0.2) is 6.10 Å². The number of nitrogens with one attached hydrogen (secondary N) is 2. The summed E-state index contributed by atoms with van der Waals surface area (Å²) in [6.45, 7) is 1.57. The molecule has 0 aliphatic carbocycles. The van der Waals surface area contributed by atoms with Crippen molar-refractivity contribution in [1.82, 2.24) is 20.6 Å². The summed E-state index contributed by atoms with van der Waals surface area (Å²) in [6.07, 6.45) is -0.920. The number of hydrazine groups is 1. The number of hydrogen-bond acceptors (Lipinski definition) is 5. The van der Waals surface area contributed by atoms with Crippen LogP contribution in [0.1, 0.15) is 12.6 Å². The summed E-state index contributed by atoms with van der Waals surface area (Å²) in [5, 5.41) is 5.25. The molecule has 9 heteroatoms. The lowest BCUT2D eigenvalue weighted by Gasteiger charge is -2.15. The van der Waals surface area contributed by atoms with Crippen molar-refractivity contribution in [3.05, 3.63) is 69.1 Å². The normalized spacial score (nSPS) is 11.7. The first-order chi connectivity index (χ1) is 13.8. The zero-order valence-electron chi connectivity index (χ0n) is 15.8. The number of aryl methyl sites for hydroxylation is 1. The molecule has 0 aliphatic rings. The smallest absolute Gasteiger partial charge is 0.279 e. The predicted molar refractivity (Wildman–Crippen MR) is 111 cm³/mol. The van der Waals surface area contributed by atoms with Gasteiger partial charge in [0.2, 0.25) is 5.91 Å². The zero-order chi connectivity index (χ0) is 21.0. The van der Waals surface area contributed by atoms with E-state index in [1.165, 1.54) is 11.7 Å². The molecule has 0 saturated heterocycles. The van der Waals surface area contributed by atoms with Crippen molar-refractivity contribution >= 4 is 38.5 Å². The molecule has 3 aromatic rings. The van der Waals surface area contributed by atoms with Crippen LogP contribution in [0.4, 0.5) is 0 Å². The summed E-state index contributed by atoms with van der Waals surface area (Å²) >= 11 is 3.33. The first-order valence-corrected chi connectivity index (χ1v) is 9.60. The van der Waals surface area contributed by atoms with Crippen molar-refractivity contribution in [3.8, 4) is 5.75 Å². The maximum atomic E-state index is 12.3. The van der Waals surface area contributed by atoms with Crippen LogP contribution in [0.2, 0.25) is 0 Å². The molecule has 2 amide bonds. The van der Waals surface area contributed by atoms with Crippen molar-refractivity contribution in [1.29, 1.82) is 0 Å². The van der Waals surface area contributed by atoms with E-state index in [4.69, 9.17) is 4.74 Å². The average molecular weight is 459 g/mol. The lowest BCUT2D eigenvalue weighted by atomic mass is 10.1. The summed E-state index contributed by atoms with van der Waals surface area (Å²) in [6, 6.07) is 14.0. The Morgan fingerprint density at radius 1 is 1.14 bits per heavy atom. The number of aromatic nitrogens is 2. The van der Waals surface area contributed by atoms with Gasteiger partial charge in [-0.1, -0.05) is 40.2 Å². The van der Waals surface area contributed by atoms with Crippen LogP contribution in [0, 0.1) is 0 Å². The Balaban J connectivity index is 1.61. The largest absolute Gasteiger partial charge is 0.481 e. The molecule has 1 unspecified atom stereocenters. The standard InChI is InChI=1S/C20H19BrN4O4/c1-12(29-14-7-5-6-13(21)10-14)19(27)23-22-18(26)11-17-15-8-3-4-9-16(15)20(28)25(2)24-17/h3-10,12H,11H2,1-2H3,(H,22,26)(H,23,27). The van der Waals surface area contributed by atoms with Gasteiger partial charge < -0.3 is 4.74 Å². The number of benzene rings is 2. The number of nitrogens with zero attached hydrogens (tertiary/aromatic N) is 2. The van der Waals surface area contributed by atoms with Crippen molar-refractivity contribution < 1.29 is 14.3 Å². The summed E-state index contributed by atoms with van der Waals surface area (Å²) in [5.41, 5.74) is 4.89. The van der Waals surface area contributed by atoms with E-state index in [0.717, 1.165) is 4.47 Å². The fraction of sp³-hybridized carbons (Fsp3) is 0.200. The molecule has 2 N–H and O–H groups in total. The average Bonchev–Trinajstić information content (AvgIpc) is 2.70. The first kappa shape index (κ1) is 20.5. The van der Waals surface area contributed by atoms with Crippen molar-refractivity contribution in [2.45, 2.75) is 19.4 Å². The molecule has 0 spiro atoms. The third kappa shape index (κ3) is 5.00. The summed E-state index contributed by atoms with van der Waals surface area (Å²) < 4.78 is 7.57. The summed E-state index contributed by atoms with van der Waals surface area (Å²) in [4.78, 5) is 36.6. The highest BCUT2D eigenvalue weighted by Gasteiger charge is 2.17. The number of amides is 2. The molecule has 0 radical (unpaired) electrons. The van der Waals surface area contributed by atoms with Crippen LogP contribution < -0.4 is 21.1 Å². The van der Waals surface area contributed by atoms with Gasteiger partial charge in [0.05, 0.1) is 17.5 Å². The number of hydrogen-bond donors (Lipinski definition) is 2. The second kappa shape index (κ2) is 8.87. The lowest BCUT2D eigenvalue weighted by Crippen LogP contribution is -2.47. The Bertz CT molecular complexity index is 1130. The number of rotatable bonds is 5. The van der Waals surface area contributed by atoms with E-state index >= 15 is 0 Å². The Morgan fingerprint density at radius 2 is 1.86 bits per heavy atom. The molecule has 0 saturated carbocycles. The second-order valence-corrected chi connectivity index (χ2v) is 7.27. The molecule has 29 heavy (non-hydrogen) atoms. The van der Waals surface area contributed by atoms with E-state index < -0.39 is 17.9 Å². The Labute approximate surface area is 175 Å². The molecular formula is C20H19BrN4O4. The maximum Gasteiger partial charge on any atom is 0.279 e. The highest BCUT2D eigenvalue weighted by Crippen LogP contribution is 2.19. The van der Waals surface area contributed by atoms with Crippen LogP contribution in [0.3, 0.4) is 0 Å². The summed E-state index contributed by atoms with van der Waals surface area (Å²) in [5.74, 6) is -0.449. The van der Waals surface area contributed by atoms with Gasteiger partial charge in [0.25, 0.3) is 11.5 Å². The molecule has 1 heterocycles. The molecule has 0 aliphatic heterocycles. The van der Waals surface area contributed by atoms with Crippen LogP contribution in [-0.2, 0) is 23.1 Å². The molecule has 1 atom stereocenters. The fourth-order valence-corrected chi connectivity index (χ4v) is 3.11. The van der Waals surface area contributed by atoms with Gasteiger partial charge in [0, 0.05) is 16.9 Å². The van der Waals surface area contributed by atoms with Crippen LogP contribution in [0.5, 0.6) is 5.75 Å². The van der Waals surface area contributed by atoms with Gasteiger partial charge in [-0.15, -0.1) is 0 Å². The third-order valence-corrected chi connectivity index (χ3v) is 4.66. The van der Waals surface area contributed by atoms with Gasteiger partial charge in [-0.2, -0.15) is 5.10 Å². The van der Waals surface area contributed by atoms with Gasteiger partial charge >= 0.3 is 0 Å². The molecule has 150 valence electrons. The second-order valence-electron chi connectivity index (χ2n) is 6.35. The monoisotopic (exact) mass is 458 g/mol. The molecule has 1 aromatic heterocycles. The summed E-state index contributed by atoms with van der Waals surface area (Å²) in [7, 11) is 1.53.